The average Bonchev–Trinajstić information content (AvgIpc) is 3.32. The molecule has 0 aliphatic heterocycles. The molecule has 3 aromatic rings. The van der Waals surface area contributed by atoms with Crippen LogP contribution in [0, 0.1) is 0 Å². The number of aromatic nitrogens is 4. The third-order valence-corrected chi connectivity index (χ3v) is 5.44. The highest BCUT2D eigenvalue weighted by atomic mass is 32.2. The number of rotatable bonds is 9. The second-order valence-electron chi connectivity index (χ2n) is 5.81. The number of halogens is 2. The largest absolute Gasteiger partial charge is 0.469 e. The predicted molar refractivity (Wildman–Crippen MR) is 109 cm³/mol. The van der Waals surface area contributed by atoms with E-state index >= 15 is 0 Å². The summed E-state index contributed by atoms with van der Waals surface area (Å²) in [5.74, 6) is 5.50. The number of amides is 1. The van der Waals surface area contributed by atoms with Crippen LogP contribution in [0.15, 0.2) is 34.8 Å². The third kappa shape index (κ3) is 6.11. The molecular weight excluding hydrogens is 454 g/mol. The van der Waals surface area contributed by atoms with Crippen LogP contribution in [-0.4, -0.2) is 51.2 Å². The summed E-state index contributed by atoms with van der Waals surface area (Å²) < 4.78 is 34.5. The molecule has 2 heterocycles. The fraction of sp³-hybridized carbons (Fsp3) is 0.235. The summed E-state index contributed by atoms with van der Waals surface area (Å²) >= 11 is 2.24. The topological polar surface area (TPSA) is 134 Å². The average molecular weight is 470 g/mol. The van der Waals surface area contributed by atoms with E-state index in [1.165, 1.54) is 47.4 Å². The molecule has 3 rings (SSSR count). The zero-order valence-electron chi connectivity index (χ0n) is 15.9. The molecule has 1 aromatic carbocycles. The Morgan fingerprint density at radius 1 is 1.29 bits per heavy atom. The Kier molecular flexibility index (Phi) is 7.36. The van der Waals surface area contributed by atoms with Gasteiger partial charge in [0.15, 0.2) is 11.0 Å². The number of nitrogen functional groups attached to an aromatic ring is 1. The highest BCUT2D eigenvalue weighted by molar-refractivity contribution is 7.99. The first-order chi connectivity index (χ1) is 14.9. The summed E-state index contributed by atoms with van der Waals surface area (Å²) in [6, 6.07) is 5.75. The molecule has 0 aliphatic rings. The van der Waals surface area contributed by atoms with Gasteiger partial charge in [0.05, 0.1) is 25.0 Å². The van der Waals surface area contributed by atoms with Crippen molar-refractivity contribution in [1.29, 1.82) is 0 Å². The first-order valence-electron chi connectivity index (χ1n) is 8.55. The van der Waals surface area contributed by atoms with E-state index in [9.17, 15) is 18.4 Å². The van der Waals surface area contributed by atoms with E-state index in [2.05, 4.69) is 30.0 Å². The number of esters is 1. The van der Waals surface area contributed by atoms with Crippen LogP contribution in [-0.2, 0) is 20.7 Å². The molecular formula is C17H16F2N6O4S2. The predicted octanol–water partition coefficient (Wildman–Crippen LogP) is 2.16. The van der Waals surface area contributed by atoms with Crippen LogP contribution in [0.25, 0.3) is 11.4 Å². The van der Waals surface area contributed by atoms with Gasteiger partial charge >= 0.3 is 12.6 Å². The number of benzene rings is 1. The Bertz CT molecular complexity index is 1060. The highest BCUT2D eigenvalue weighted by Gasteiger charge is 2.15. The maximum Gasteiger partial charge on any atom is 0.387 e. The van der Waals surface area contributed by atoms with Crippen LogP contribution in [0.1, 0.15) is 5.69 Å². The van der Waals surface area contributed by atoms with Crippen LogP contribution in [0.5, 0.6) is 5.75 Å². The zero-order valence-corrected chi connectivity index (χ0v) is 17.6. The minimum absolute atomic E-state index is 0.00466. The summed E-state index contributed by atoms with van der Waals surface area (Å²) in [5.41, 5.74) is 1.03. The summed E-state index contributed by atoms with van der Waals surface area (Å²) in [4.78, 5) is 27.6. The van der Waals surface area contributed by atoms with Gasteiger partial charge in [0.2, 0.25) is 11.1 Å². The molecule has 0 saturated carbocycles. The molecule has 0 fully saturated rings. The normalized spacial score (nSPS) is 10.8. The van der Waals surface area contributed by atoms with E-state index in [1.54, 1.807) is 5.38 Å². The van der Waals surface area contributed by atoms with E-state index in [0.29, 0.717) is 22.2 Å². The number of hydrogen-bond acceptors (Lipinski definition) is 10. The number of nitrogens with zero attached hydrogens (tertiary/aromatic N) is 4. The van der Waals surface area contributed by atoms with Crippen LogP contribution < -0.4 is 15.9 Å². The summed E-state index contributed by atoms with van der Waals surface area (Å²) in [6.07, 6.45) is 0.0198. The number of anilines is 1. The first kappa shape index (κ1) is 22.4. The molecule has 31 heavy (non-hydrogen) atoms. The summed E-state index contributed by atoms with van der Waals surface area (Å²) in [7, 11) is 1.28. The second kappa shape index (κ2) is 10.2. The fourth-order valence-corrected chi connectivity index (χ4v) is 3.69. The van der Waals surface area contributed by atoms with Crippen molar-refractivity contribution in [2.24, 2.45) is 0 Å². The van der Waals surface area contributed by atoms with Crippen molar-refractivity contribution in [2.45, 2.75) is 18.2 Å². The second-order valence-corrected chi connectivity index (χ2v) is 7.61. The van der Waals surface area contributed by atoms with Crippen molar-refractivity contribution in [3.8, 4) is 17.1 Å². The number of thioether (sulfide) groups is 1. The highest BCUT2D eigenvalue weighted by Crippen LogP contribution is 2.24. The summed E-state index contributed by atoms with van der Waals surface area (Å²) in [5, 5.41) is 12.8. The number of carbonyl (C=O) groups is 2. The van der Waals surface area contributed by atoms with Gasteiger partial charge in [0, 0.05) is 10.9 Å². The lowest BCUT2D eigenvalue weighted by Gasteiger charge is -2.06. The fourth-order valence-electron chi connectivity index (χ4n) is 2.31. The van der Waals surface area contributed by atoms with Crippen LogP contribution >= 0.6 is 23.1 Å². The van der Waals surface area contributed by atoms with Crippen molar-refractivity contribution >= 4 is 40.1 Å². The monoisotopic (exact) mass is 470 g/mol. The smallest absolute Gasteiger partial charge is 0.387 e. The molecule has 0 unspecified atom stereocenters. The van der Waals surface area contributed by atoms with Crippen molar-refractivity contribution in [1.82, 2.24) is 19.9 Å². The third-order valence-electron chi connectivity index (χ3n) is 3.69. The number of ether oxygens (including phenoxy) is 2. The van der Waals surface area contributed by atoms with Gasteiger partial charge in [-0.25, -0.2) is 9.66 Å². The Hall–Kier alpha value is -3.26. The maximum absolute atomic E-state index is 12.2. The van der Waals surface area contributed by atoms with E-state index < -0.39 is 12.6 Å². The molecule has 1 amide bonds. The summed E-state index contributed by atoms with van der Waals surface area (Å²) in [6.45, 7) is -2.91. The molecule has 10 nitrogen and oxygen atoms in total. The zero-order chi connectivity index (χ0) is 22.4. The minimum atomic E-state index is -2.91. The number of alkyl halides is 2. The molecule has 0 aliphatic carbocycles. The Morgan fingerprint density at radius 3 is 2.71 bits per heavy atom. The quantitative estimate of drug-likeness (QED) is 0.274. The number of carbonyl (C=O) groups excluding carboxylic acids is 2. The van der Waals surface area contributed by atoms with E-state index in [4.69, 9.17) is 5.84 Å². The van der Waals surface area contributed by atoms with Gasteiger partial charge < -0.3 is 20.6 Å². The Balaban J connectivity index is 1.56. The Labute approximate surface area is 182 Å². The standard InChI is InChI=1S/C17H16F2N6O4S2/c1-28-13(27)6-10-7-30-16(21-10)22-12(26)8-31-17-24-23-14(25(17)20)9-2-4-11(5-3-9)29-15(18)19/h2-5,7,15H,6,8,20H2,1H3,(H,21,22,26). The lowest BCUT2D eigenvalue weighted by molar-refractivity contribution is -0.139. The molecule has 0 spiro atoms. The van der Waals surface area contributed by atoms with Crippen LogP contribution in [0.2, 0.25) is 0 Å². The SMILES string of the molecule is COC(=O)Cc1csc(NC(=O)CSc2nnc(-c3ccc(OC(F)F)cc3)n2N)n1. The van der Waals surface area contributed by atoms with Gasteiger partial charge in [-0.15, -0.1) is 21.5 Å². The maximum atomic E-state index is 12.2. The van der Waals surface area contributed by atoms with Crippen LogP contribution in [0.4, 0.5) is 13.9 Å². The lowest BCUT2D eigenvalue weighted by atomic mass is 10.2. The van der Waals surface area contributed by atoms with E-state index in [-0.39, 0.29) is 29.0 Å². The first-order valence-corrected chi connectivity index (χ1v) is 10.4. The number of methoxy groups -OCH3 is 1. The number of hydrogen-bond donors (Lipinski definition) is 2. The molecule has 0 radical (unpaired) electrons. The van der Waals surface area contributed by atoms with Crippen molar-refractivity contribution < 1.29 is 27.8 Å². The van der Waals surface area contributed by atoms with Crippen molar-refractivity contribution in [2.75, 3.05) is 24.0 Å². The van der Waals surface area contributed by atoms with Gasteiger partial charge in [-0.05, 0) is 24.3 Å². The van der Waals surface area contributed by atoms with Gasteiger partial charge in [0.25, 0.3) is 0 Å². The molecule has 0 bridgehead atoms. The molecule has 0 atom stereocenters. The molecule has 164 valence electrons. The molecule has 2 aromatic heterocycles. The number of thiazole rings is 1. The Morgan fingerprint density at radius 2 is 2.03 bits per heavy atom. The number of nitrogens with two attached hydrogens (primary N) is 1. The van der Waals surface area contributed by atoms with E-state index in [1.807, 2.05) is 0 Å². The van der Waals surface area contributed by atoms with Gasteiger partial charge in [-0.3, -0.25) is 9.59 Å². The molecule has 3 N–H and O–H groups in total. The molecule has 14 heteroatoms. The van der Waals surface area contributed by atoms with Crippen molar-refractivity contribution in [3.63, 3.8) is 0 Å². The van der Waals surface area contributed by atoms with E-state index in [0.717, 1.165) is 11.8 Å². The van der Waals surface area contributed by atoms with Crippen LogP contribution in [0.3, 0.4) is 0 Å². The number of nitrogens with one attached hydrogen (secondary N) is 1. The van der Waals surface area contributed by atoms with Gasteiger partial charge in [-0.1, -0.05) is 11.8 Å². The lowest BCUT2D eigenvalue weighted by Crippen LogP contribution is -2.16. The minimum Gasteiger partial charge on any atom is -0.469 e. The van der Waals surface area contributed by atoms with Crippen molar-refractivity contribution in [3.05, 3.63) is 35.3 Å². The molecule has 0 saturated heterocycles. The van der Waals surface area contributed by atoms with Gasteiger partial charge in [0.1, 0.15) is 5.75 Å². The van der Waals surface area contributed by atoms with Gasteiger partial charge in [-0.2, -0.15) is 8.78 Å².